The lowest BCUT2D eigenvalue weighted by Gasteiger charge is -2.18. The Balaban J connectivity index is 2.33. The SMILES string of the molecule is CCC(=O)NC(CC)C(=O)NCC1(C)CC1. The minimum Gasteiger partial charge on any atom is -0.354 e. The molecule has 0 bridgehead atoms. The van der Waals surface area contributed by atoms with Crippen LogP contribution in [0.5, 0.6) is 0 Å². The van der Waals surface area contributed by atoms with Gasteiger partial charge in [-0.1, -0.05) is 20.8 Å². The molecule has 1 saturated carbocycles. The summed E-state index contributed by atoms with van der Waals surface area (Å²) in [5, 5.41) is 5.63. The van der Waals surface area contributed by atoms with Gasteiger partial charge in [0.1, 0.15) is 6.04 Å². The zero-order valence-electron chi connectivity index (χ0n) is 10.4. The topological polar surface area (TPSA) is 58.2 Å². The van der Waals surface area contributed by atoms with Gasteiger partial charge in [0.15, 0.2) is 0 Å². The lowest BCUT2D eigenvalue weighted by atomic mass is 10.1. The zero-order valence-corrected chi connectivity index (χ0v) is 10.4. The Bertz CT molecular complexity index is 272. The third-order valence-electron chi connectivity index (χ3n) is 3.17. The van der Waals surface area contributed by atoms with E-state index < -0.39 is 0 Å². The first-order valence-electron chi connectivity index (χ1n) is 6.08. The van der Waals surface area contributed by atoms with Crippen molar-refractivity contribution in [3.8, 4) is 0 Å². The maximum atomic E-state index is 11.8. The number of rotatable bonds is 6. The summed E-state index contributed by atoms with van der Waals surface area (Å²) in [4.78, 5) is 23.0. The van der Waals surface area contributed by atoms with Gasteiger partial charge < -0.3 is 10.6 Å². The van der Waals surface area contributed by atoms with Gasteiger partial charge in [-0.2, -0.15) is 0 Å². The summed E-state index contributed by atoms with van der Waals surface area (Å²) in [6.07, 6.45) is 3.42. The largest absolute Gasteiger partial charge is 0.354 e. The lowest BCUT2D eigenvalue weighted by molar-refractivity contribution is -0.129. The predicted octanol–water partition coefficient (Wildman–Crippen LogP) is 1.21. The molecule has 1 aliphatic carbocycles. The highest BCUT2D eigenvalue weighted by Gasteiger charge is 2.37. The molecular formula is C12H22N2O2. The number of amides is 2. The quantitative estimate of drug-likeness (QED) is 0.715. The molecule has 92 valence electrons. The number of hydrogen-bond donors (Lipinski definition) is 2. The summed E-state index contributed by atoms with van der Waals surface area (Å²) in [7, 11) is 0. The van der Waals surface area contributed by atoms with Crippen LogP contribution in [0.15, 0.2) is 0 Å². The second-order valence-corrected chi connectivity index (χ2v) is 4.91. The molecule has 2 N–H and O–H groups in total. The van der Waals surface area contributed by atoms with E-state index >= 15 is 0 Å². The minimum atomic E-state index is -0.380. The Morgan fingerprint density at radius 2 is 1.94 bits per heavy atom. The highest BCUT2D eigenvalue weighted by Crippen LogP contribution is 2.43. The summed E-state index contributed by atoms with van der Waals surface area (Å²) in [5.74, 6) is -0.128. The zero-order chi connectivity index (χ0) is 12.2. The molecule has 0 aromatic rings. The fourth-order valence-electron chi connectivity index (χ4n) is 1.46. The highest BCUT2D eigenvalue weighted by atomic mass is 16.2. The van der Waals surface area contributed by atoms with Crippen molar-refractivity contribution in [2.24, 2.45) is 5.41 Å². The van der Waals surface area contributed by atoms with Gasteiger partial charge in [-0.15, -0.1) is 0 Å². The molecule has 0 spiro atoms. The van der Waals surface area contributed by atoms with Crippen LogP contribution < -0.4 is 10.6 Å². The van der Waals surface area contributed by atoms with E-state index in [-0.39, 0.29) is 17.9 Å². The van der Waals surface area contributed by atoms with Gasteiger partial charge in [-0.3, -0.25) is 9.59 Å². The smallest absolute Gasteiger partial charge is 0.242 e. The standard InChI is InChI=1S/C12H22N2O2/c1-4-9(14-10(15)5-2)11(16)13-8-12(3)6-7-12/h9H,4-8H2,1-3H3,(H,13,16)(H,14,15). The molecule has 0 heterocycles. The fourth-order valence-corrected chi connectivity index (χ4v) is 1.46. The van der Waals surface area contributed by atoms with Crippen molar-refractivity contribution in [3.63, 3.8) is 0 Å². The van der Waals surface area contributed by atoms with Gasteiger partial charge >= 0.3 is 0 Å². The van der Waals surface area contributed by atoms with E-state index in [1.54, 1.807) is 6.92 Å². The van der Waals surface area contributed by atoms with Crippen LogP contribution in [-0.2, 0) is 9.59 Å². The third kappa shape index (κ3) is 3.83. The molecule has 4 nitrogen and oxygen atoms in total. The third-order valence-corrected chi connectivity index (χ3v) is 3.17. The average molecular weight is 226 g/mol. The van der Waals surface area contributed by atoms with E-state index in [2.05, 4.69) is 17.6 Å². The van der Waals surface area contributed by atoms with Crippen molar-refractivity contribution in [3.05, 3.63) is 0 Å². The molecule has 4 heteroatoms. The van der Waals surface area contributed by atoms with Crippen LogP contribution in [0.4, 0.5) is 0 Å². The number of carbonyl (C=O) groups is 2. The molecule has 1 aliphatic rings. The second-order valence-electron chi connectivity index (χ2n) is 4.91. The Kier molecular flexibility index (Phi) is 4.33. The Labute approximate surface area is 97.2 Å². The molecule has 1 rings (SSSR count). The van der Waals surface area contributed by atoms with Gasteiger partial charge in [0.25, 0.3) is 0 Å². The van der Waals surface area contributed by atoms with Crippen LogP contribution in [0.25, 0.3) is 0 Å². The molecular weight excluding hydrogens is 204 g/mol. The normalized spacial score (nSPS) is 18.7. The molecule has 1 atom stereocenters. The molecule has 2 amide bonds. The summed E-state index contributed by atoms with van der Waals surface area (Å²) >= 11 is 0. The monoisotopic (exact) mass is 226 g/mol. The fraction of sp³-hybridized carbons (Fsp3) is 0.833. The maximum absolute atomic E-state index is 11.8. The van der Waals surface area contributed by atoms with Gasteiger partial charge in [0.2, 0.25) is 11.8 Å². The van der Waals surface area contributed by atoms with Crippen molar-refractivity contribution in [1.82, 2.24) is 10.6 Å². The van der Waals surface area contributed by atoms with E-state index in [0.29, 0.717) is 18.3 Å². The van der Waals surface area contributed by atoms with Crippen molar-refractivity contribution < 1.29 is 9.59 Å². The first kappa shape index (κ1) is 13.0. The maximum Gasteiger partial charge on any atom is 0.242 e. The van der Waals surface area contributed by atoms with Gasteiger partial charge in [-0.25, -0.2) is 0 Å². The van der Waals surface area contributed by atoms with Crippen LogP contribution in [0.2, 0.25) is 0 Å². The first-order valence-corrected chi connectivity index (χ1v) is 6.08. The molecule has 1 unspecified atom stereocenters. The highest BCUT2D eigenvalue weighted by molar-refractivity contribution is 5.87. The summed E-state index contributed by atoms with van der Waals surface area (Å²) < 4.78 is 0. The van der Waals surface area contributed by atoms with E-state index in [9.17, 15) is 9.59 Å². The Morgan fingerprint density at radius 1 is 1.31 bits per heavy atom. The van der Waals surface area contributed by atoms with E-state index in [1.807, 2.05) is 6.92 Å². The molecule has 0 saturated heterocycles. The van der Waals surface area contributed by atoms with Crippen LogP contribution in [-0.4, -0.2) is 24.4 Å². The molecule has 0 aromatic carbocycles. The van der Waals surface area contributed by atoms with Crippen LogP contribution in [0.3, 0.4) is 0 Å². The van der Waals surface area contributed by atoms with Crippen molar-refractivity contribution >= 4 is 11.8 Å². The predicted molar refractivity (Wildman–Crippen MR) is 62.9 cm³/mol. The van der Waals surface area contributed by atoms with E-state index in [4.69, 9.17) is 0 Å². The van der Waals surface area contributed by atoms with Gasteiger partial charge in [0, 0.05) is 13.0 Å². The van der Waals surface area contributed by atoms with Crippen LogP contribution >= 0.6 is 0 Å². The van der Waals surface area contributed by atoms with Gasteiger partial charge in [0.05, 0.1) is 0 Å². The summed E-state index contributed by atoms with van der Waals surface area (Å²) in [6, 6.07) is -0.380. The minimum absolute atomic E-state index is 0.0579. The second kappa shape index (κ2) is 5.32. The van der Waals surface area contributed by atoms with Gasteiger partial charge in [-0.05, 0) is 24.7 Å². The van der Waals surface area contributed by atoms with Crippen molar-refractivity contribution in [2.45, 2.75) is 52.5 Å². The van der Waals surface area contributed by atoms with Crippen LogP contribution in [0, 0.1) is 5.41 Å². The summed E-state index contributed by atoms with van der Waals surface area (Å²) in [6.45, 7) is 6.58. The number of nitrogens with one attached hydrogen (secondary N) is 2. The first-order chi connectivity index (χ1) is 7.50. The van der Waals surface area contributed by atoms with E-state index in [0.717, 1.165) is 6.54 Å². The molecule has 0 aliphatic heterocycles. The van der Waals surface area contributed by atoms with Crippen LogP contribution in [0.1, 0.15) is 46.5 Å². The molecule has 0 aromatic heterocycles. The van der Waals surface area contributed by atoms with Crippen molar-refractivity contribution in [2.75, 3.05) is 6.54 Å². The van der Waals surface area contributed by atoms with E-state index in [1.165, 1.54) is 12.8 Å². The lowest BCUT2D eigenvalue weighted by Crippen LogP contribution is -2.47. The average Bonchev–Trinajstić information content (AvgIpc) is 3.01. The Hall–Kier alpha value is -1.06. The number of carbonyl (C=O) groups excluding carboxylic acids is 2. The number of hydrogen-bond acceptors (Lipinski definition) is 2. The molecule has 0 radical (unpaired) electrons. The Morgan fingerprint density at radius 3 is 2.38 bits per heavy atom. The van der Waals surface area contributed by atoms with Crippen molar-refractivity contribution in [1.29, 1.82) is 0 Å². The molecule has 1 fully saturated rings. The molecule has 16 heavy (non-hydrogen) atoms. The summed E-state index contributed by atoms with van der Waals surface area (Å²) in [5.41, 5.74) is 0.308.